The molecule has 130 valence electrons. The summed E-state index contributed by atoms with van der Waals surface area (Å²) in [6, 6.07) is 6.25. The van der Waals surface area contributed by atoms with Crippen molar-refractivity contribution < 1.29 is 23.1 Å². The lowest BCUT2D eigenvalue weighted by Gasteiger charge is -2.39. The van der Waals surface area contributed by atoms with Crippen molar-refractivity contribution in [3.05, 3.63) is 35.4 Å². The topological polar surface area (TPSA) is 52.9 Å². The van der Waals surface area contributed by atoms with E-state index in [1.54, 1.807) is 19.1 Å². The summed E-state index contributed by atoms with van der Waals surface area (Å²) in [7, 11) is 0. The van der Waals surface area contributed by atoms with Crippen LogP contribution in [-0.2, 0) is 0 Å². The quantitative estimate of drug-likeness (QED) is 0.851. The molecule has 2 aliphatic rings. The van der Waals surface area contributed by atoms with Crippen molar-refractivity contribution in [2.24, 2.45) is 16.9 Å². The molecular weight excluding hydrogens is 321 g/mol. The van der Waals surface area contributed by atoms with Gasteiger partial charge in [0.1, 0.15) is 0 Å². The van der Waals surface area contributed by atoms with Gasteiger partial charge in [0.05, 0.1) is 5.92 Å². The highest BCUT2D eigenvalue weighted by molar-refractivity contribution is 5.99. The van der Waals surface area contributed by atoms with E-state index in [0.29, 0.717) is 12.8 Å². The van der Waals surface area contributed by atoms with E-state index in [0.717, 1.165) is 5.56 Å². The third-order valence-electron chi connectivity index (χ3n) is 4.85. The van der Waals surface area contributed by atoms with Gasteiger partial charge in [-0.25, -0.2) is 0 Å². The number of halogens is 3. The molecule has 0 unspecified atom stereocenters. The van der Waals surface area contributed by atoms with Gasteiger partial charge in [-0.3, -0.25) is 4.79 Å². The van der Waals surface area contributed by atoms with E-state index in [1.807, 2.05) is 6.92 Å². The van der Waals surface area contributed by atoms with Gasteiger partial charge in [-0.1, -0.05) is 24.6 Å². The second kappa shape index (κ2) is 5.58. The maximum atomic E-state index is 13.7. The molecule has 7 heteroatoms. The van der Waals surface area contributed by atoms with E-state index in [-0.39, 0.29) is 28.6 Å². The minimum Gasteiger partial charge on any atom is -0.362 e. The highest BCUT2D eigenvalue weighted by Crippen LogP contribution is 2.49. The normalized spacial score (nSPS) is 30.1. The number of benzene rings is 1. The van der Waals surface area contributed by atoms with Crippen LogP contribution in [0.25, 0.3) is 0 Å². The first-order chi connectivity index (χ1) is 11.1. The first kappa shape index (κ1) is 17.0. The molecule has 1 aliphatic heterocycles. The Bertz CT molecular complexity index is 701. The standard InChI is InChI=1S/C17H19F3N2O2/c1-10-4-3-5-12(8-10)15(23)22-16(24,17(18,19)20)13-9-11(2)6-7-14(13)21-22/h3-5,8,11,13,24H,6-7,9H2,1-2H3/t11-,13+,16-/m0/s1. The summed E-state index contributed by atoms with van der Waals surface area (Å²) in [5, 5.41) is 14.7. The lowest BCUT2D eigenvalue weighted by molar-refractivity contribution is -0.313. The Morgan fingerprint density at radius 2 is 2.12 bits per heavy atom. The van der Waals surface area contributed by atoms with Gasteiger partial charge in [-0.05, 0) is 44.2 Å². The number of fused-ring (bicyclic) bond motifs is 1. The summed E-state index contributed by atoms with van der Waals surface area (Å²) in [5.74, 6) is -2.10. The van der Waals surface area contributed by atoms with Crippen LogP contribution >= 0.6 is 0 Å². The predicted octanol–water partition coefficient (Wildman–Crippen LogP) is 3.49. The highest BCUT2D eigenvalue weighted by Gasteiger charge is 2.68. The van der Waals surface area contributed by atoms with Crippen LogP contribution in [0.2, 0.25) is 0 Å². The van der Waals surface area contributed by atoms with Gasteiger partial charge < -0.3 is 5.11 Å². The SMILES string of the molecule is Cc1cccc(C(=O)N2N=C3CC[C@H](C)C[C@H]3[C@]2(O)C(F)(F)F)c1. The van der Waals surface area contributed by atoms with Gasteiger partial charge in [0.15, 0.2) is 0 Å². The number of hydrogen-bond acceptors (Lipinski definition) is 3. The molecule has 1 amide bonds. The van der Waals surface area contributed by atoms with Crippen LogP contribution in [0.4, 0.5) is 13.2 Å². The number of aryl methyl sites for hydroxylation is 1. The summed E-state index contributed by atoms with van der Waals surface area (Å²) in [4.78, 5) is 12.6. The Morgan fingerprint density at radius 1 is 1.42 bits per heavy atom. The van der Waals surface area contributed by atoms with Crippen LogP contribution < -0.4 is 0 Å². The largest absolute Gasteiger partial charge is 0.439 e. The summed E-state index contributed by atoms with van der Waals surface area (Å²) in [5.41, 5.74) is -2.20. The molecule has 1 aliphatic carbocycles. The van der Waals surface area contributed by atoms with Crippen LogP contribution in [0, 0.1) is 18.8 Å². The van der Waals surface area contributed by atoms with Crippen LogP contribution in [0.15, 0.2) is 29.4 Å². The van der Waals surface area contributed by atoms with Crippen LogP contribution in [0.1, 0.15) is 42.1 Å². The van der Waals surface area contributed by atoms with Crippen molar-refractivity contribution in [1.29, 1.82) is 0 Å². The monoisotopic (exact) mass is 340 g/mol. The fourth-order valence-electron chi connectivity index (χ4n) is 3.51. The Hall–Kier alpha value is -1.89. The summed E-state index contributed by atoms with van der Waals surface area (Å²) in [6.07, 6.45) is -3.76. The van der Waals surface area contributed by atoms with Crippen molar-refractivity contribution in [2.45, 2.75) is 45.0 Å². The lowest BCUT2D eigenvalue weighted by Crippen LogP contribution is -2.61. The molecule has 0 radical (unpaired) electrons. The molecule has 0 saturated heterocycles. The molecule has 1 heterocycles. The molecule has 0 spiro atoms. The first-order valence-corrected chi connectivity index (χ1v) is 7.92. The molecule has 0 bridgehead atoms. The average molecular weight is 340 g/mol. The molecule has 1 N–H and O–H groups in total. The maximum Gasteiger partial charge on any atom is 0.439 e. The van der Waals surface area contributed by atoms with Crippen molar-refractivity contribution in [3.8, 4) is 0 Å². The molecule has 3 atom stereocenters. The number of amides is 1. The molecule has 24 heavy (non-hydrogen) atoms. The number of nitrogens with zero attached hydrogens (tertiary/aromatic N) is 2. The van der Waals surface area contributed by atoms with Crippen molar-refractivity contribution >= 4 is 11.6 Å². The van der Waals surface area contributed by atoms with Crippen molar-refractivity contribution in [2.75, 3.05) is 0 Å². The zero-order valence-electron chi connectivity index (χ0n) is 13.5. The van der Waals surface area contributed by atoms with Gasteiger partial charge in [-0.15, -0.1) is 0 Å². The zero-order chi connectivity index (χ0) is 17.7. The first-order valence-electron chi connectivity index (χ1n) is 7.92. The van der Waals surface area contributed by atoms with E-state index in [1.165, 1.54) is 12.1 Å². The average Bonchev–Trinajstić information content (AvgIpc) is 2.80. The smallest absolute Gasteiger partial charge is 0.362 e. The number of hydrogen-bond donors (Lipinski definition) is 1. The maximum absolute atomic E-state index is 13.7. The zero-order valence-corrected chi connectivity index (χ0v) is 13.5. The molecule has 0 aromatic heterocycles. The number of hydrazone groups is 1. The Kier molecular flexibility index (Phi) is 3.94. The fraction of sp³-hybridized carbons (Fsp3) is 0.529. The predicted molar refractivity (Wildman–Crippen MR) is 82.3 cm³/mol. The second-order valence-corrected chi connectivity index (χ2v) is 6.73. The van der Waals surface area contributed by atoms with Crippen LogP contribution in [0.3, 0.4) is 0 Å². The van der Waals surface area contributed by atoms with Gasteiger partial charge in [0.25, 0.3) is 11.6 Å². The summed E-state index contributed by atoms with van der Waals surface area (Å²) in [6.45, 7) is 3.59. The second-order valence-electron chi connectivity index (χ2n) is 6.73. The summed E-state index contributed by atoms with van der Waals surface area (Å²) < 4.78 is 41.2. The third-order valence-corrected chi connectivity index (χ3v) is 4.85. The van der Waals surface area contributed by atoms with Gasteiger partial charge in [-0.2, -0.15) is 23.3 Å². The lowest BCUT2D eigenvalue weighted by atomic mass is 9.76. The number of carbonyl (C=O) groups excluding carboxylic acids is 1. The minimum atomic E-state index is -4.99. The van der Waals surface area contributed by atoms with Gasteiger partial charge in [0.2, 0.25) is 0 Å². The highest BCUT2D eigenvalue weighted by atomic mass is 19.4. The third kappa shape index (κ3) is 2.51. The van der Waals surface area contributed by atoms with E-state index < -0.39 is 23.7 Å². The van der Waals surface area contributed by atoms with Crippen LogP contribution in [-0.4, -0.2) is 33.6 Å². The number of carbonyl (C=O) groups is 1. The number of rotatable bonds is 1. The molecule has 1 saturated carbocycles. The Morgan fingerprint density at radius 3 is 2.75 bits per heavy atom. The van der Waals surface area contributed by atoms with Gasteiger partial charge in [0, 0.05) is 11.3 Å². The van der Waals surface area contributed by atoms with Crippen molar-refractivity contribution in [1.82, 2.24) is 5.01 Å². The van der Waals surface area contributed by atoms with E-state index in [2.05, 4.69) is 5.10 Å². The van der Waals surface area contributed by atoms with E-state index in [4.69, 9.17) is 0 Å². The van der Waals surface area contributed by atoms with Crippen LogP contribution in [0.5, 0.6) is 0 Å². The molecule has 1 aromatic rings. The fourth-order valence-corrected chi connectivity index (χ4v) is 3.51. The Balaban J connectivity index is 2.05. The molecule has 4 nitrogen and oxygen atoms in total. The molecule has 1 aromatic carbocycles. The van der Waals surface area contributed by atoms with Crippen molar-refractivity contribution in [3.63, 3.8) is 0 Å². The van der Waals surface area contributed by atoms with E-state index in [9.17, 15) is 23.1 Å². The Labute approximate surface area is 138 Å². The number of alkyl halides is 3. The summed E-state index contributed by atoms with van der Waals surface area (Å²) >= 11 is 0. The minimum absolute atomic E-state index is 0.0387. The molecular formula is C17H19F3N2O2. The number of aliphatic hydroxyl groups is 1. The molecule has 3 rings (SSSR count). The van der Waals surface area contributed by atoms with E-state index >= 15 is 0 Å². The van der Waals surface area contributed by atoms with Gasteiger partial charge >= 0.3 is 6.18 Å². The molecule has 1 fully saturated rings.